The van der Waals surface area contributed by atoms with Crippen LogP contribution in [-0.2, 0) is 19.4 Å². The first-order valence-corrected chi connectivity index (χ1v) is 6.68. The van der Waals surface area contributed by atoms with Crippen molar-refractivity contribution in [1.29, 1.82) is 0 Å². The number of ketones is 1. The minimum atomic E-state index is -3.14. The highest BCUT2D eigenvalue weighted by Gasteiger charge is 2.46. The van der Waals surface area contributed by atoms with Gasteiger partial charge in [0, 0.05) is 11.8 Å². The Labute approximate surface area is 87.4 Å². The van der Waals surface area contributed by atoms with E-state index in [-0.39, 0.29) is 30.1 Å². The number of aliphatic carboxylic acids is 1. The Morgan fingerprint density at radius 1 is 1.20 bits per heavy atom. The lowest BCUT2D eigenvalue weighted by atomic mass is 9.75. The number of carbonyl (C=O) groups is 2. The van der Waals surface area contributed by atoms with Gasteiger partial charge in [-0.3, -0.25) is 9.59 Å². The summed E-state index contributed by atoms with van der Waals surface area (Å²) in [6.45, 7) is 0. The third-order valence-electron chi connectivity index (χ3n) is 3.20. The number of carboxylic acids is 1. The third-order valence-corrected chi connectivity index (χ3v) is 5.02. The molecule has 1 N–H and O–H groups in total. The Morgan fingerprint density at radius 3 is 2.07 bits per heavy atom. The number of hydrogen-bond acceptors (Lipinski definition) is 4. The highest BCUT2D eigenvalue weighted by atomic mass is 32.2. The molecule has 2 aliphatic rings. The van der Waals surface area contributed by atoms with Gasteiger partial charge in [0.25, 0.3) is 0 Å². The van der Waals surface area contributed by atoms with E-state index in [1.165, 1.54) is 0 Å². The predicted octanol–water partition coefficient (Wildman–Crippen LogP) is -0.289. The average molecular weight is 232 g/mol. The molecule has 2 rings (SSSR count). The maximum atomic E-state index is 11.6. The zero-order valence-electron chi connectivity index (χ0n) is 8.05. The summed E-state index contributed by atoms with van der Waals surface area (Å²) in [7, 11) is -3.14. The number of fused-ring (bicyclic) bond motifs is 2. The second kappa shape index (κ2) is 3.30. The van der Waals surface area contributed by atoms with Gasteiger partial charge >= 0.3 is 5.97 Å². The second-order valence-corrected chi connectivity index (χ2v) is 6.53. The van der Waals surface area contributed by atoms with Crippen LogP contribution in [0.3, 0.4) is 0 Å². The molecule has 2 unspecified atom stereocenters. The summed E-state index contributed by atoms with van der Waals surface area (Å²) in [5.74, 6) is -3.00. The van der Waals surface area contributed by atoms with Gasteiger partial charge in [-0.2, -0.15) is 0 Å². The van der Waals surface area contributed by atoms with Crippen LogP contribution in [0.2, 0.25) is 0 Å². The highest BCUT2D eigenvalue weighted by molar-refractivity contribution is 7.91. The summed E-state index contributed by atoms with van der Waals surface area (Å²) in [6.07, 6.45) is 0.369. The molecule has 1 aliphatic heterocycles. The molecule has 0 radical (unpaired) electrons. The lowest BCUT2D eigenvalue weighted by Gasteiger charge is -2.35. The first-order chi connectivity index (χ1) is 6.89. The molecule has 1 aliphatic carbocycles. The van der Waals surface area contributed by atoms with Crippen molar-refractivity contribution in [3.05, 3.63) is 0 Å². The van der Waals surface area contributed by atoms with E-state index in [0.29, 0.717) is 0 Å². The zero-order chi connectivity index (χ0) is 11.2. The van der Waals surface area contributed by atoms with Crippen LogP contribution >= 0.6 is 0 Å². The predicted molar refractivity (Wildman–Crippen MR) is 51.0 cm³/mol. The lowest BCUT2D eigenvalue weighted by Crippen LogP contribution is -2.47. The number of carboxylic acid groups (broad SMARTS) is 1. The van der Waals surface area contributed by atoms with Crippen molar-refractivity contribution < 1.29 is 23.1 Å². The van der Waals surface area contributed by atoms with Crippen molar-refractivity contribution in [1.82, 2.24) is 0 Å². The maximum Gasteiger partial charge on any atom is 0.306 e. The zero-order valence-corrected chi connectivity index (χ0v) is 8.87. The Morgan fingerprint density at radius 2 is 1.67 bits per heavy atom. The van der Waals surface area contributed by atoms with Crippen molar-refractivity contribution in [2.75, 3.05) is 11.5 Å². The normalized spacial score (nSPS) is 38.7. The van der Waals surface area contributed by atoms with E-state index < -0.39 is 33.6 Å². The van der Waals surface area contributed by atoms with Crippen molar-refractivity contribution in [3.63, 3.8) is 0 Å². The van der Waals surface area contributed by atoms with E-state index >= 15 is 0 Å². The first kappa shape index (κ1) is 10.6. The molecule has 1 heterocycles. The molecule has 0 aromatic heterocycles. The van der Waals surface area contributed by atoms with Crippen LogP contribution in [0.4, 0.5) is 0 Å². The second-order valence-electron chi connectivity index (χ2n) is 4.38. The summed E-state index contributed by atoms with van der Waals surface area (Å²) in [5, 5.41) is 8.85. The summed E-state index contributed by atoms with van der Waals surface area (Å²) >= 11 is 0. The topological polar surface area (TPSA) is 88.5 Å². The SMILES string of the molecule is O=C(O)C1CC2CS(=O)(=O)CC(C1)C2=O. The summed E-state index contributed by atoms with van der Waals surface area (Å²) in [6, 6.07) is 0. The average Bonchev–Trinajstić information content (AvgIpc) is 2.07. The molecule has 84 valence electrons. The maximum absolute atomic E-state index is 11.6. The molecule has 5 nitrogen and oxygen atoms in total. The van der Waals surface area contributed by atoms with Gasteiger partial charge in [-0.15, -0.1) is 0 Å². The molecule has 0 spiro atoms. The highest BCUT2D eigenvalue weighted by Crippen LogP contribution is 2.36. The molecular weight excluding hydrogens is 220 g/mol. The molecular formula is C9H12O5S. The van der Waals surface area contributed by atoms with E-state index in [0.717, 1.165) is 0 Å². The smallest absolute Gasteiger partial charge is 0.306 e. The minimum Gasteiger partial charge on any atom is -0.481 e. The van der Waals surface area contributed by atoms with E-state index in [1.54, 1.807) is 0 Å². The summed E-state index contributed by atoms with van der Waals surface area (Å²) in [5.41, 5.74) is 0. The van der Waals surface area contributed by atoms with Crippen LogP contribution in [0.1, 0.15) is 12.8 Å². The Kier molecular flexibility index (Phi) is 2.33. The Hall–Kier alpha value is -0.910. The van der Waals surface area contributed by atoms with E-state index in [2.05, 4.69) is 0 Å². The van der Waals surface area contributed by atoms with Crippen LogP contribution in [0, 0.1) is 17.8 Å². The van der Waals surface area contributed by atoms with E-state index in [1.807, 2.05) is 0 Å². The van der Waals surface area contributed by atoms with Crippen LogP contribution in [-0.4, -0.2) is 36.8 Å². The molecule has 2 atom stereocenters. The van der Waals surface area contributed by atoms with Gasteiger partial charge < -0.3 is 5.11 Å². The largest absolute Gasteiger partial charge is 0.481 e. The van der Waals surface area contributed by atoms with Gasteiger partial charge in [0.15, 0.2) is 9.84 Å². The monoisotopic (exact) mass is 232 g/mol. The van der Waals surface area contributed by atoms with Gasteiger partial charge in [-0.05, 0) is 12.8 Å². The Balaban J connectivity index is 2.24. The Bertz CT molecular complexity index is 386. The number of rotatable bonds is 1. The fourth-order valence-corrected chi connectivity index (χ4v) is 4.49. The van der Waals surface area contributed by atoms with Gasteiger partial charge in [0.1, 0.15) is 5.78 Å². The third kappa shape index (κ3) is 1.90. The molecule has 1 saturated heterocycles. The molecule has 15 heavy (non-hydrogen) atoms. The van der Waals surface area contributed by atoms with Crippen LogP contribution in [0.25, 0.3) is 0 Å². The quantitative estimate of drug-likeness (QED) is 0.671. The first-order valence-electron chi connectivity index (χ1n) is 4.86. The van der Waals surface area contributed by atoms with Crippen LogP contribution in [0.5, 0.6) is 0 Å². The molecule has 2 fully saturated rings. The van der Waals surface area contributed by atoms with Gasteiger partial charge in [0.2, 0.25) is 0 Å². The molecule has 0 aromatic rings. The van der Waals surface area contributed by atoms with Gasteiger partial charge in [-0.1, -0.05) is 0 Å². The fourth-order valence-electron chi connectivity index (χ4n) is 2.53. The number of hydrogen-bond donors (Lipinski definition) is 1. The van der Waals surface area contributed by atoms with E-state index in [4.69, 9.17) is 5.11 Å². The number of Topliss-reactive ketones (excluding diaryl/α,β-unsaturated/α-hetero) is 1. The molecule has 0 amide bonds. The van der Waals surface area contributed by atoms with Gasteiger partial charge in [-0.25, -0.2) is 8.42 Å². The van der Waals surface area contributed by atoms with Crippen molar-refractivity contribution in [3.8, 4) is 0 Å². The molecule has 2 bridgehead atoms. The van der Waals surface area contributed by atoms with Crippen molar-refractivity contribution in [2.24, 2.45) is 17.8 Å². The van der Waals surface area contributed by atoms with Crippen molar-refractivity contribution in [2.45, 2.75) is 12.8 Å². The summed E-state index contributed by atoms with van der Waals surface area (Å²) in [4.78, 5) is 22.4. The molecule has 0 aromatic carbocycles. The standard InChI is InChI=1S/C9H12O5S/c10-8-6-1-5(9(11)12)2-7(8)4-15(13,14)3-6/h5-7H,1-4H2,(H,11,12). The van der Waals surface area contributed by atoms with Gasteiger partial charge in [0.05, 0.1) is 17.4 Å². The van der Waals surface area contributed by atoms with Crippen LogP contribution in [0.15, 0.2) is 0 Å². The number of sulfone groups is 1. The molecule has 6 heteroatoms. The van der Waals surface area contributed by atoms with E-state index in [9.17, 15) is 18.0 Å². The van der Waals surface area contributed by atoms with Crippen molar-refractivity contribution >= 4 is 21.6 Å². The minimum absolute atomic E-state index is 0.0534. The fraction of sp³-hybridized carbons (Fsp3) is 0.778. The van der Waals surface area contributed by atoms with Crippen LogP contribution < -0.4 is 0 Å². The lowest BCUT2D eigenvalue weighted by molar-refractivity contribution is -0.146. The summed E-state index contributed by atoms with van der Waals surface area (Å²) < 4.78 is 22.8. The number of carbonyl (C=O) groups excluding carboxylic acids is 1. The molecule has 1 saturated carbocycles.